The molecule has 0 fully saturated rings. The average Bonchev–Trinajstić information content (AvgIpc) is 2.07. The molecule has 0 aliphatic carbocycles. The second-order valence-corrected chi connectivity index (χ2v) is 3.05. The standard InChI is InChI=1S/C9H8ClFO2/c10-7-5-6(1-3-8(7)11)2-4-9(12)13/h1,3,5H,2,4H2,(H,12,13). The fourth-order valence-electron chi connectivity index (χ4n) is 0.946. The van der Waals surface area contributed by atoms with Crippen molar-refractivity contribution < 1.29 is 14.3 Å². The zero-order valence-corrected chi connectivity index (χ0v) is 7.51. The molecule has 1 N–H and O–H groups in total. The molecule has 0 radical (unpaired) electrons. The van der Waals surface area contributed by atoms with Gasteiger partial charge in [0, 0.05) is 6.42 Å². The van der Waals surface area contributed by atoms with E-state index in [9.17, 15) is 9.18 Å². The highest BCUT2D eigenvalue weighted by Crippen LogP contribution is 2.16. The van der Waals surface area contributed by atoms with Gasteiger partial charge in [0.05, 0.1) is 5.02 Å². The number of benzene rings is 1. The molecule has 0 spiro atoms. The van der Waals surface area contributed by atoms with E-state index < -0.39 is 11.8 Å². The van der Waals surface area contributed by atoms with E-state index >= 15 is 0 Å². The first-order chi connectivity index (χ1) is 6.09. The number of carboxylic acid groups (broad SMARTS) is 1. The van der Waals surface area contributed by atoms with Crippen molar-refractivity contribution in [1.82, 2.24) is 0 Å². The van der Waals surface area contributed by atoms with E-state index in [-0.39, 0.29) is 11.4 Å². The molecule has 0 aliphatic heterocycles. The Morgan fingerprint density at radius 3 is 2.77 bits per heavy atom. The average molecular weight is 203 g/mol. The molecule has 70 valence electrons. The topological polar surface area (TPSA) is 37.3 Å². The molecule has 0 amide bonds. The van der Waals surface area contributed by atoms with Crippen LogP contribution in [-0.4, -0.2) is 11.1 Å². The van der Waals surface area contributed by atoms with Gasteiger partial charge in [-0.2, -0.15) is 0 Å². The molecular weight excluding hydrogens is 195 g/mol. The smallest absolute Gasteiger partial charge is 0.303 e. The summed E-state index contributed by atoms with van der Waals surface area (Å²) >= 11 is 5.51. The number of hydrogen-bond acceptors (Lipinski definition) is 1. The Balaban J connectivity index is 2.68. The molecule has 1 aromatic rings. The fourth-order valence-corrected chi connectivity index (χ4v) is 1.15. The third-order valence-corrected chi connectivity index (χ3v) is 1.90. The lowest BCUT2D eigenvalue weighted by Crippen LogP contribution is -1.97. The van der Waals surface area contributed by atoms with Crippen LogP contribution < -0.4 is 0 Å². The maximum Gasteiger partial charge on any atom is 0.303 e. The molecule has 0 bridgehead atoms. The van der Waals surface area contributed by atoms with Crippen molar-refractivity contribution in [3.8, 4) is 0 Å². The summed E-state index contributed by atoms with van der Waals surface area (Å²) in [5.41, 5.74) is 0.730. The lowest BCUT2D eigenvalue weighted by atomic mass is 10.1. The lowest BCUT2D eigenvalue weighted by Gasteiger charge is -1.99. The predicted molar refractivity (Wildman–Crippen MR) is 47.4 cm³/mol. The van der Waals surface area contributed by atoms with Crippen LogP contribution in [0.2, 0.25) is 5.02 Å². The molecule has 0 saturated heterocycles. The number of aryl methyl sites for hydroxylation is 1. The van der Waals surface area contributed by atoms with Crippen LogP contribution in [0, 0.1) is 5.82 Å². The van der Waals surface area contributed by atoms with Crippen LogP contribution in [0.15, 0.2) is 18.2 Å². The highest BCUT2D eigenvalue weighted by Gasteiger charge is 2.02. The van der Waals surface area contributed by atoms with Crippen molar-refractivity contribution in [3.63, 3.8) is 0 Å². The van der Waals surface area contributed by atoms with Crippen LogP contribution in [0.3, 0.4) is 0 Å². The van der Waals surface area contributed by atoms with Crippen molar-refractivity contribution in [2.24, 2.45) is 0 Å². The number of rotatable bonds is 3. The number of carboxylic acids is 1. The van der Waals surface area contributed by atoms with E-state index in [4.69, 9.17) is 16.7 Å². The number of halogens is 2. The summed E-state index contributed by atoms with van der Waals surface area (Å²) in [4.78, 5) is 10.2. The van der Waals surface area contributed by atoms with Gasteiger partial charge in [-0.1, -0.05) is 17.7 Å². The molecule has 0 heterocycles. The molecule has 0 aliphatic rings. The summed E-state index contributed by atoms with van der Waals surface area (Å²) in [6.45, 7) is 0. The molecule has 0 unspecified atom stereocenters. The first-order valence-corrected chi connectivity index (χ1v) is 4.13. The van der Waals surface area contributed by atoms with Crippen LogP contribution in [-0.2, 0) is 11.2 Å². The number of aliphatic carboxylic acids is 1. The number of carbonyl (C=O) groups is 1. The van der Waals surface area contributed by atoms with Gasteiger partial charge in [-0.3, -0.25) is 4.79 Å². The first-order valence-electron chi connectivity index (χ1n) is 3.75. The van der Waals surface area contributed by atoms with Crippen LogP contribution in [0.1, 0.15) is 12.0 Å². The summed E-state index contributed by atoms with van der Waals surface area (Å²) in [6, 6.07) is 4.21. The van der Waals surface area contributed by atoms with Gasteiger partial charge in [0.15, 0.2) is 0 Å². The molecule has 1 rings (SSSR count). The Morgan fingerprint density at radius 2 is 2.23 bits per heavy atom. The van der Waals surface area contributed by atoms with Gasteiger partial charge >= 0.3 is 5.97 Å². The molecule has 0 saturated carbocycles. The Kier molecular flexibility index (Phi) is 3.25. The van der Waals surface area contributed by atoms with E-state index in [1.54, 1.807) is 0 Å². The largest absolute Gasteiger partial charge is 0.481 e. The van der Waals surface area contributed by atoms with Crippen molar-refractivity contribution >= 4 is 17.6 Å². The Hall–Kier alpha value is -1.09. The van der Waals surface area contributed by atoms with E-state index in [0.717, 1.165) is 5.56 Å². The van der Waals surface area contributed by atoms with Crippen LogP contribution in [0.25, 0.3) is 0 Å². The minimum atomic E-state index is -0.875. The zero-order valence-electron chi connectivity index (χ0n) is 6.76. The van der Waals surface area contributed by atoms with E-state index in [0.29, 0.717) is 6.42 Å². The van der Waals surface area contributed by atoms with Crippen LogP contribution >= 0.6 is 11.6 Å². The third kappa shape index (κ3) is 3.03. The SMILES string of the molecule is O=C(O)CCc1ccc(F)c(Cl)c1. The summed E-state index contributed by atoms with van der Waals surface area (Å²) in [5.74, 6) is -1.36. The monoisotopic (exact) mass is 202 g/mol. The summed E-state index contributed by atoms with van der Waals surface area (Å²) < 4.78 is 12.6. The predicted octanol–water partition coefficient (Wildman–Crippen LogP) is 2.50. The highest BCUT2D eigenvalue weighted by molar-refractivity contribution is 6.30. The summed E-state index contributed by atoms with van der Waals surface area (Å²) in [6.07, 6.45) is 0.400. The zero-order chi connectivity index (χ0) is 9.84. The lowest BCUT2D eigenvalue weighted by molar-refractivity contribution is -0.136. The maximum atomic E-state index is 12.6. The molecule has 4 heteroatoms. The van der Waals surface area contributed by atoms with Gasteiger partial charge < -0.3 is 5.11 Å². The maximum absolute atomic E-state index is 12.6. The van der Waals surface area contributed by atoms with Crippen molar-refractivity contribution in [3.05, 3.63) is 34.6 Å². The van der Waals surface area contributed by atoms with Gasteiger partial charge in [0.25, 0.3) is 0 Å². The van der Waals surface area contributed by atoms with Crippen LogP contribution in [0.5, 0.6) is 0 Å². The minimum Gasteiger partial charge on any atom is -0.481 e. The van der Waals surface area contributed by atoms with Crippen molar-refractivity contribution in [2.75, 3.05) is 0 Å². The molecule has 1 aromatic carbocycles. The van der Waals surface area contributed by atoms with Gasteiger partial charge in [-0.25, -0.2) is 4.39 Å². The van der Waals surface area contributed by atoms with E-state index in [1.165, 1.54) is 18.2 Å². The second-order valence-electron chi connectivity index (χ2n) is 2.64. The molecule has 13 heavy (non-hydrogen) atoms. The molecule has 2 nitrogen and oxygen atoms in total. The van der Waals surface area contributed by atoms with Crippen LogP contribution in [0.4, 0.5) is 4.39 Å². The molecule has 0 aromatic heterocycles. The summed E-state index contributed by atoms with van der Waals surface area (Å²) in [5, 5.41) is 8.42. The Morgan fingerprint density at radius 1 is 1.54 bits per heavy atom. The van der Waals surface area contributed by atoms with Crippen molar-refractivity contribution in [1.29, 1.82) is 0 Å². The van der Waals surface area contributed by atoms with Gasteiger partial charge in [0.2, 0.25) is 0 Å². The minimum absolute atomic E-state index is 0.0297. The molecule has 0 atom stereocenters. The third-order valence-electron chi connectivity index (χ3n) is 1.61. The van der Waals surface area contributed by atoms with E-state index in [2.05, 4.69) is 0 Å². The quantitative estimate of drug-likeness (QED) is 0.818. The Labute approximate surface area is 80.0 Å². The normalized spacial score (nSPS) is 10.0. The fraction of sp³-hybridized carbons (Fsp3) is 0.222. The highest BCUT2D eigenvalue weighted by atomic mass is 35.5. The second kappa shape index (κ2) is 4.23. The van der Waals surface area contributed by atoms with Gasteiger partial charge in [-0.05, 0) is 24.1 Å². The molecular formula is C9H8ClFO2. The van der Waals surface area contributed by atoms with Gasteiger partial charge in [-0.15, -0.1) is 0 Å². The van der Waals surface area contributed by atoms with Gasteiger partial charge in [0.1, 0.15) is 5.82 Å². The van der Waals surface area contributed by atoms with E-state index in [1.807, 2.05) is 0 Å². The van der Waals surface area contributed by atoms with Crippen molar-refractivity contribution in [2.45, 2.75) is 12.8 Å². The number of hydrogen-bond donors (Lipinski definition) is 1. The first kappa shape index (κ1) is 9.99. The Bertz CT molecular complexity index is 325. The summed E-state index contributed by atoms with van der Waals surface area (Å²) in [7, 11) is 0.